The van der Waals surface area contributed by atoms with E-state index in [1.165, 1.54) is 7.11 Å². The number of rotatable bonds is 7. The molecule has 1 aliphatic carbocycles. The Balaban J connectivity index is 1.68. The van der Waals surface area contributed by atoms with E-state index in [4.69, 9.17) is 9.47 Å². The first-order valence-electron chi connectivity index (χ1n) is 12.8. The van der Waals surface area contributed by atoms with Crippen molar-refractivity contribution >= 4 is 21.5 Å². The molecule has 0 saturated heterocycles. The number of aryl methyl sites for hydroxylation is 2. The van der Waals surface area contributed by atoms with Gasteiger partial charge in [-0.1, -0.05) is 48.0 Å². The predicted molar refractivity (Wildman–Crippen MR) is 146 cm³/mol. The van der Waals surface area contributed by atoms with Crippen molar-refractivity contribution < 1.29 is 22.7 Å². The monoisotopic (exact) mass is 532 g/mol. The lowest BCUT2D eigenvalue weighted by atomic mass is 10.0. The van der Waals surface area contributed by atoms with E-state index in [-0.39, 0.29) is 22.4 Å². The van der Waals surface area contributed by atoms with E-state index in [2.05, 4.69) is 29.6 Å². The minimum atomic E-state index is -3.78. The highest BCUT2D eigenvalue weighted by atomic mass is 32.2. The highest BCUT2D eigenvalue weighted by Gasteiger charge is 2.36. The third-order valence-corrected chi connectivity index (χ3v) is 8.87. The first kappa shape index (κ1) is 26.0. The largest absolute Gasteiger partial charge is 0.461 e. The van der Waals surface area contributed by atoms with Crippen LogP contribution in [0.4, 0.5) is 0 Å². The summed E-state index contributed by atoms with van der Waals surface area (Å²) in [6.07, 6.45) is 3.14. The summed E-state index contributed by atoms with van der Waals surface area (Å²) >= 11 is 0. The molecule has 0 amide bonds. The molecular formula is C30H32N2O5S. The van der Waals surface area contributed by atoms with Crippen molar-refractivity contribution in [1.29, 1.82) is 0 Å². The lowest BCUT2D eigenvalue weighted by Gasteiger charge is -2.29. The third-order valence-electron chi connectivity index (χ3n) is 7.02. The Hall–Kier alpha value is -3.62. The number of dihydropyridines is 1. The van der Waals surface area contributed by atoms with Gasteiger partial charge in [0.1, 0.15) is 5.69 Å². The summed E-state index contributed by atoms with van der Waals surface area (Å²) < 4.78 is 40.3. The van der Waals surface area contributed by atoms with Crippen LogP contribution in [0.25, 0.3) is 5.70 Å². The van der Waals surface area contributed by atoms with E-state index in [1.54, 1.807) is 43.3 Å². The number of carbonyl (C=O) groups is 1. The van der Waals surface area contributed by atoms with Crippen molar-refractivity contribution in [3.05, 3.63) is 105 Å². The maximum Gasteiger partial charge on any atom is 0.354 e. The molecule has 7 nitrogen and oxygen atoms in total. The van der Waals surface area contributed by atoms with E-state index in [9.17, 15) is 13.2 Å². The number of sulfone groups is 1. The Morgan fingerprint density at radius 2 is 1.82 bits per heavy atom. The molecule has 1 aromatic heterocycles. The summed E-state index contributed by atoms with van der Waals surface area (Å²) in [7, 11) is -2.29. The number of hydrogen-bond acceptors (Lipinski definition) is 6. The van der Waals surface area contributed by atoms with E-state index in [0.29, 0.717) is 18.7 Å². The van der Waals surface area contributed by atoms with Gasteiger partial charge in [-0.05, 0) is 74.1 Å². The summed E-state index contributed by atoms with van der Waals surface area (Å²) in [5.74, 6) is -0.378. The summed E-state index contributed by atoms with van der Waals surface area (Å²) in [5.41, 5.74) is 6.25. The zero-order valence-corrected chi connectivity index (χ0v) is 22.7. The molecule has 1 aliphatic heterocycles. The second kappa shape index (κ2) is 10.6. The molecule has 198 valence electrons. The van der Waals surface area contributed by atoms with Gasteiger partial charge >= 0.3 is 5.97 Å². The SMILES string of the molecule is CCOC(=O)c1cc2c(n1Cc1ccc(C)cc1)C1=C(C=C(S(=O)(=O)c3ccccc3)C(OC)N1)CCC2. The van der Waals surface area contributed by atoms with Gasteiger partial charge in [-0.3, -0.25) is 0 Å². The van der Waals surface area contributed by atoms with E-state index in [0.717, 1.165) is 46.5 Å². The molecule has 0 fully saturated rings. The number of benzene rings is 2. The molecule has 38 heavy (non-hydrogen) atoms. The van der Waals surface area contributed by atoms with Crippen LogP contribution < -0.4 is 5.32 Å². The van der Waals surface area contributed by atoms with Gasteiger partial charge in [0, 0.05) is 13.7 Å². The number of esters is 1. The number of methoxy groups -OCH3 is 1. The van der Waals surface area contributed by atoms with Crippen LogP contribution in [0.2, 0.25) is 0 Å². The number of aromatic nitrogens is 1. The second-order valence-corrected chi connectivity index (χ2v) is 11.5. The van der Waals surface area contributed by atoms with Crippen LogP contribution in [0.3, 0.4) is 0 Å². The highest BCUT2D eigenvalue weighted by Crippen LogP contribution is 2.38. The number of hydrogen-bond donors (Lipinski definition) is 1. The normalized spacial score (nSPS) is 17.1. The van der Waals surface area contributed by atoms with E-state index in [1.807, 2.05) is 17.6 Å². The summed E-state index contributed by atoms with van der Waals surface area (Å²) in [6.45, 7) is 4.58. The zero-order valence-electron chi connectivity index (χ0n) is 21.9. The Labute approximate surface area is 223 Å². The van der Waals surface area contributed by atoms with Crippen LogP contribution in [0.5, 0.6) is 0 Å². The molecule has 0 radical (unpaired) electrons. The molecule has 1 atom stereocenters. The minimum Gasteiger partial charge on any atom is -0.461 e. The molecule has 1 N–H and O–H groups in total. The fourth-order valence-electron chi connectivity index (χ4n) is 5.14. The van der Waals surface area contributed by atoms with Crippen LogP contribution in [0.15, 0.2) is 82.1 Å². The summed E-state index contributed by atoms with van der Waals surface area (Å²) in [4.78, 5) is 13.4. The van der Waals surface area contributed by atoms with Crippen LogP contribution in [-0.2, 0) is 32.3 Å². The van der Waals surface area contributed by atoms with E-state index >= 15 is 0 Å². The van der Waals surface area contributed by atoms with Gasteiger partial charge in [0.25, 0.3) is 0 Å². The van der Waals surface area contributed by atoms with Crippen LogP contribution in [-0.4, -0.2) is 38.9 Å². The average Bonchev–Trinajstić information content (AvgIpc) is 3.17. The van der Waals surface area contributed by atoms with Gasteiger partial charge in [0.05, 0.1) is 27.8 Å². The molecular weight excluding hydrogens is 500 g/mol. The Bertz CT molecular complexity index is 1520. The lowest BCUT2D eigenvalue weighted by molar-refractivity contribution is 0.0514. The third kappa shape index (κ3) is 4.81. The summed E-state index contributed by atoms with van der Waals surface area (Å²) in [5, 5.41) is 3.38. The first-order chi connectivity index (χ1) is 18.3. The Kier molecular flexibility index (Phi) is 7.27. The second-order valence-electron chi connectivity index (χ2n) is 9.57. The maximum atomic E-state index is 13.6. The molecule has 5 rings (SSSR count). The van der Waals surface area contributed by atoms with Gasteiger partial charge in [-0.2, -0.15) is 0 Å². The van der Waals surface area contributed by atoms with Crippen molar-refractivity contribution in [1.82, 2.24) is 9.88 Å². The van der Waals surface area contributed by atoms with Gasteiger partial charge in [0.15, 0.2) is 6.23 Å². The molecule has 0 bridgehead atoms. The van der Waals surface area contributed by atoms with Gasteiger partial charge in [-0.15, -0.1) is 0 Å². The zero-order chi connectivity index (χ0) is 26.9. The quantitative estimate of drug-likeness (QED) is 0.431. The number of nitrogens with zero attached hydrogens (tertiary/aromatic N) is 1. The molecule has 0 saturated carbocycles. The Morgan fingerprint density at radius 3 is 2.50 bits per heavy atom. The van der Waals surface area contributed by atoms with Crippen LogP contribution in [0.1, 0.15) is 52.6 Å². The van der Waals surface area contributed by atoms with Crippen molar-refractivity contribution in [3.8, 4) is 0 Å². The predicted octanol–water partition coefficient (Wildman–Crippen LogP) is 5.00. The van der Waals surface area contributed by atoms with Gasteiger partial charge in [-0.25, -0.2) is 13.2 Å². The molecule has 2 aromatic carbocycles. The number of carbonyl (C=O) groups excluding carboxylic acids is 1. The molecule has 2 heterocycles. The topological polar surface area (TPSA) is 86.6 Å². The standard InChI is InChI=1S/C30H32N2O5S/c1-4-37-30(33)25-17-23-10-8-9-22-18-26(38(34,35)24-11-6-5-7-12-24)29(36-3)31-27(22)28(23)32(25)19-21-15-13-20(2)14-16-21/h5-7,11-18,29,31H,4,8-10,19H2,1-3H3. The number of allylic oxidation sites excluding steroid dienone is 2. The Morgan fingerprint density at radius 1 is 1.08 bits per heavy atom. The average molecular weight is 533 g/mol. The highest BCUT2D eigenvalue weighted by molar-refractivity contribution is 7.95. The fourth-order valence-corrected chi connectivity index (χ4v) is 6.66. The van der Waals surface area contributed by atoms with Crippen molar-refractivity contribution in [3.63, 3.8) is 0 Å². The first-order valence-corrected chi connectivity index (χ1v) is 14.3. The van der Waals surface area contributed by atoms with Gasteiger partial charge in [0.2, 0.25) is 9.84 Å². The van der Waals surface area contributed by atoms with Crippen LogP contribution in [0, 0.1) is 6.92 Å². The fraction of sp³-hybridized carbons (Fsp3) is 0.300. The van der Waals surface area contributed by atoms with Crippen molar-refractivity contribution in [2.45, 2.75) is 50.8 Å². The maximum absolute atomic E-state index is 13.6. The van der Waals surface area contributed by atoms with Gasteiger partial charge < -0.3 is 19.4 Å². The molecule has 1 unspecified atom stereocenters. The van der Waals surface area contributed by atoms with E-state index < -0.39 is 16.1 Å². The molecule has 8 heteroatoms. The van der Waals surface area contributed by atoms with Crippen molar-refractivity contribution in [2.75, 3.05) is 13.7 Å². The number of nitrogens with one attached hydrogen (secondary N) is 1. The number of ether oxygens (including phenoxy) is 2. The molecule has 2 aliphatic rings. The molecule has 0 spiro atoms. The molecule has 3 aromatic rings. The summed E-state index contributed by atoms with van der Waals surface area (Å²) in [6, 6.07) is 18.5. The smallest absolute Gasteiger partial charge is 0.354 e. The van der Waals surface area contributed by atoms with Crippen LogP contribution >= 0.6 is 0 Å². The van der Waals surface area contributed by atoms with Crippen molar-refractivity contribution in [2.24, 2.45) is 0 Å². The minimum absolute atomic E-state index is 0.177. The lowest BCUT2D eigenvalue weighted by Crippen LogP contribution is -2.38. The number of fused-ring (bicyclic) bond motifs is 2.